The van der Waals surface area contributed by atoms with Crippen LogP contribution in [0.2, 0.25) is 0 Å². The van der Waals surface area contributed by atoms with Gasteiger partial charge in [0.25, 0.3) is 17.7 Å². The third-order valence-corrected chi connectivity index (χ3v) is 18.7. The van der Waals surface area contributed by atoms with Crippen LogP contribution in [0.3, 0.4) is 0 Å². The summed E-state index contributed by atoms with van der Waals surface area (Å²) in [6.45, 7) is 7.09. The van der Waals surface area contributed by atoms with Crippen LogP contribution in [-0.2, 0) is 78.9 Å². The van der Waals surface area contributed by atoms with Gasteiger partial charge in [-0.15, -0.1) is 0 Å². The van der Waals surface area contributed by atoms with E-state index in [0.717, 1.165) is 57.2 Å². The van der Waals surface area contributed by atoms with Crippen molar-refractivity contribution in [3.8, 4) is 16.9 Å². The molecule has 3 heterocycles. The minimum atomic E-state index is -1.68. The van der Waals surface area contributed by atoms with Crippen LogP contribution in [0.5, 0.6) is 5.75 Å². The molecule has 6 aromatic rings. The molecule has 1 aliphatic carbocycles. The Morgan fingerprint density at radius 1 is 0.480 bits per heavy atom. The van der Waals surface area contributed by atoms with Crippen molar-refractivity contribution >= 4 is 59.9 Å². The van der Waals surface area contributed by atoms with E-state index in [9.17, 15) is 28.8 Å². The maximum atomic E-state index is 16.3. The van der Waals surface area contributed by atoms with Crippen LogP contribution in [0.25, 0.3) is 11.1 Å². The summed E-state index contributed by atoms with van der Waals surface area (Å²) in [6, 6.07) is 39.9. The molecule has 6 atom stereocenters. The van der Waals surface area contributed by atoms with Crippen LogP contribution in [0.4, 0.5) is 19.2 Å². The zero-order valence-corrected chi connectivity index (χ0v) is 58.6. The number of methoxy groups -OCH3 is 1. The molecule has 102 heavy (non-hydrogen) atoms. The molecule has 0 bridgehead atoms. The summed E-state index contributed by atoms with van der Waals surface area (Å²) in [5.41, 5.74) is 6.41. The number of amides is 9. The van der Waals surface area contributed by atoms with Crippen molar-refractivity contribution in [1.29, 1.82) is 0 Å². The summed E-state index contributed by atoms with van der Waals surface area (Å²) in [6.07, 6.45) is -3.72. The number of nitrogens with zero attached hydrogens (tertiary/aromatic N) is 7. The van der Waals surface area contributed by atoms with Gasteiger partial charge in [-0.2, -0.15) is 0 Å². The molecule has 9 amide bonds. The van der Waals surface area contributed by atoms with Gasteiger partial charge < -0.3 is 44.0 Å². The number of carbonyl (C=O) groups excluding carboxylic acids is 10. The Balaban J connectivity index is 0.956. The van der Waals surface area contributed by atoms with Crippen molar-refractivity contribution in [3.05, 3.63) is 197 Å². The number of likely N-dealkylation sites (N-methyl/N-ethyl adjacent to an activating group) is 1. The lowest BCUT2D eigenvalue weighted by atomic mass is 9.98. The molecule has 0 spiro atoms. The number of nitrogens with one attached hydrogen (secondary N) is 2. The SMILES string of the molecule is COc1ccc(COC(=O)[C@H](CC(C)C)NC(=O)[C@H]2CCCN(C(=O)OCc3ccccc3)N2C(=O)[C@H](C)N(C)C(=O)[C@H]2CCCN(C(=O)OCc3ccccc3)N2C(=O)[C@@H]2CCCN(C(=O)OCc3ccccc3)N2C(=O)[C@H](NC(=O)OCC2c3ccccc3-c3ccccc32)C(C)C)cc1. The van der Waals surface area contributed by atoms with E-state index in [4.69, 9.17) is 28.4 Å². The molecule has 10 rings (SSSR count). The van der Waals surface area contributed by atoms with E-state index >= 15 is 19.2 Å². The molecule has 2 N–H and O–H groups in total. The first kappa shape index (κ1) is 73.7. The zero-order valence-electron chi connectivity index (χ0n) is 58.6. The number of carbonyl (C=O) groups is 10. The molecule has 25 heteroatoms. The van der Waals surface area contributed by atoms with Gasteiger partial charge in [0.1, 0.15) is 75.0 Å². The van der Waals surface area contributed by atoms with Gasteiger partial charge in [-0.05, 0) is 120 Å². The Bertz CT molecular complexity index is 3890. The first-order valence-electron chi connectivity index (χ1n) is 34.6. The topological polar surface area (TPSA) is 273 Å². The normalized spacial score (nSPS) is 17.4. The lowest BCUT2D eigenvalue weighted by Gasteiger charge is -2.49. The minimum Gasteiger partial charge on any atom is -0.497 e. The summed E-state index contributed by atoms with van der Waals surface area (Å²) in [5, 5.41) is 11.4. The molecule has 4 aliphatic rings. The van der Waals surface area contributed by atoms with Crippen molar-refractivity contribution in [3.63, 3.8) is 0 Å². The van der Waals surface area contributed by atoms with E-state index < -0.39 is 102 Å². The minimum absolute atomic E-state index is 0.00300. The number of fused-ring (bicyclic) bond motifs is 3. The maximum Gasteiger partial charge on any atom is 0.429 e. The number of esters is 1. The summed E-state index contributed by atoms with van der Waals surface area (Å²) < 4.78 is 34.5. The molecule has 3 aliphatic heterocycles. The Hall–Kier alpha value is -11.0. The molecule has 0 radical (unpaired) electrons. The fraction of sp³-hybridized carbons (Fsp3) is 0.403. The molecule has 3 fully saturated rings. The molecule has 3 saturated heterocycles. The highest BCUT2D eigenvalue weighted by Gasteiger charge is 2.52. The van der Waals surface area contributed by atoms with Crippen LogP contribution < -0.4 is 15.4 Å². The molecular weight excluding hydrogens is 1310 g/mol. The number of hydrogen-bond donors (Lipinski definition) is 2. The number of rotatable bonds is 23. The summed E-state index contributed by atoms with van der Waals surface area (Å²) in [5.74, 6) is -5.87. The first-order chi connectivity index (χ1) is 49.2. The van der Waals surface area contributed by atoms with Gasteiger partial charge in [-0.25, -0.2) is 54.0 Å². The van der Waals surface area contributed by atoms with Gasteiger partial charge >= 0.3 is 30.3 Å². The number of benzene rings is 6. The van der Waals surface area contributed by atoms with Crippen molar-refractivity contribution in [2.75, 3.05) is 40.4 Å². The summed E-state index contributed by atoms with van der Waals surface area (Å²) >= 11 is 0. The predicted octanol–water partition coefficient (Wildman–Crippen LogP) is 10.3. The maximum absolute atomic E-state index is 16.3. The second-order valence-electron chi connectivity index (χ2n) is 26.5. The molecule has 0 aromatic heterocycles. The van der Waals surface area contributed by atoms with E-state index in [1.54, 1.807) is 129 Å². The Kier molecular flexibility index (Phi) is 24.9. The monoisotopic (exact) mass is 1400 g/mol. The number of ether oxygens (including phenoxy) is 6. The third-order valence-electron chi connectivity index (χ3n) is 18.7. The number of hydrazine groups is 3. The second kappa shape index (κ2) is 34.4. The molecule has 538 valence electrons. The third kappa shape index (κ3) is 17.6. The van der Waals surface area contributed by atoms with Gasteiger partial charge in [0.05, 0.1) is 7.11 Å². The highest BCUT2D eigenvalue weighted by molar-refractivity contribution is 5.98. The lowest BCUT2D eigenvalue weighted by molar-refractivity contribution is -0.186. The zero-order chi connectivity index (χ0) is 72.6. The van der Waals surface area contributed by atoms with Crippen LogP contribution in [0.1, 0.15) is 119 Å². The fourth-order valence-corrected chi connectivity index (χ4v) is 13.2. The largest absolute Gasteiger partial charge is 0.497 e. The van der Waals surface area contributed by atoms with E-state index in [0.29, 0.717) is 28.0 Å². The van der Waals surface area contributed by atoms with Crippen molar-refractivity contribution in [1.82, 2.24) is 45.6 Å². The molecule has 25 nitrogen and oxygen atoms in total. The van der Waals surface area contributed by atoms with Crippen LogP contribution in [0, 0.1) is 11.8 Å². The van der Waals surface area contributed by atoms with Crippen LogP contribution >= 0.6 is 0 Å². The molecular formula is C77H89N9O16. The molecule has 0 saturated carbocycles. The van der Waals surface area contributed by atoms with Crippen molar-refractivity contribution < 1.29 is 76.4 Å². The number of alkyl carbamates (subject to hydrolysis) is 1. The fourth-order valence-electron chi connectivity index (χ4n) is 13.2. The summed E-state index contributed by atoms with van der Waals surface area (Å²) in [7, 11) is 2.83. The van der Waals surface area contributed by atoms with Gasteiger partial charge in [-0.3, -0.25) is 24.0 Å². The molecule has 6 aromatic carbocycles. The highest BCUT2D eigenvalue weighted by atomic mass is 16.6. The first-order valence-corrected chi connectivity index (χ1v) is 34.6. The quantitative estimate of drug-likeness (QED) is 0.0446. The van der Waals surface area contributed by atoms with Gasteiger partial charge in [0.2, 0.25) is 11.8 Å². The van der Waals surface area contributed by atoms with Crippen LogP contribution in [-0.4, -0.2) is 171 Å². The average Bonchev–Trinajstić information content (AvgIpc) is 1.12. The number of hydrogen-bond acceptors (Lipinski definition) is 16. The Labute approximate surface area is 593 Å². The van der Waals surface area contributed by atoms with E-state index in [2.05, 4.69) is 10.6 Å². The van der Waals surface area contributed by atoms with E-state index in [1.165, 1.54) is 21.1 Å². The summed E-state index contributed by atoms with van der Waals surface area (Å²) in [4.78, 5) is 152. The average molecular weight is 1400 g/mol. The smallest absolute Gasteiger partial charge is 0.429 e. The van der Waals surface area contributed by atoms with Crippen LogP contribution in [0.15, 0.2) is 164 Å². The predicted molar refractivity (Wildman–Crippen MR) is 373 cm³/mol. The highest BCUT2D eigenvalue weighted by Crippen LogP contribution is 2.45. The van der Waals surface area contributed by atoms with Gasteiger partial charge in [-0.1, -0.05) is 179 Å². The van der Waals surface area contributed by atoms with Gasteiger partial charge in [0.15, 0.2) is 0 Å². The lowest BCUT2D eigenvalue weighted by Crippen LogP contribution is -2.70. The van der Waals surface area contributed by atoms with E-state index in [1.807, 2.05) is 62.4 Å². The van der Waals surface area contributed by atoms with Gasteiger partial charge in [0, 0.05) is 32.6 Å². The Morgan fingerprint density at radius 3 is 1.39 bits per heavy atom. The van der Waals surface area contributed by atoms with Crippen molar-refractivity contribution in [2.24, 2.45) is 11.8 Å². The second-order valence-corrected chi connectivity index (χ2v) is 26.5. The molecule has 0 unspecified atom stereocenters. The standard InChI is InChI=1S/C77H89N9O16/c1-50(2)44-63(73(92)98-45-56-37-39-57(97-7)40-38-56)78-68(87)64-34-21-41-81(75(94)100-46-53-24-11-8-12-25-53)84(64)69(88)52(5)80(6)70(89)65-35-22-42-82(76(95)101-47-54-26-13-9-14-27-54)85(65)71(90)66-36-23-43-83(77(96)102-48-55-28-15-10-16-29-55)86(66)72(91)67(51(3)4)79-74(93)99-49-62-60-32-19-17-30-58(60)59-31-18-20-33-61(59)62/h8-20,24-33,37-40,50-52,62-67H,21-23,34-36,41-49H2,1-7H3,(H,78,87)(H,79,93)/t52-,63-,64+,65+,66-,67+/m0/s1. The Morgan fingerprint density at radius 2 is 0.912 bits per heavy atom. The van der Waals surface area contributed by atoms with E-state index in [-0.39, 0.29) is 109 Å². The van der Waals surface area contributed by atoms with Crippen molar-refractivity contribution in [2.45, 2.75) is 148 Å².